The monoisotopic (exact) mass is 536 g/mol. The van der Waals surface area contributed by atoms with E-state index < -0.39 is 25.7 Å². The summed E-state index contributed by atoms with van der Waals surface area (Å²) in [7, 11) is 0. The summed E-state index contributed by atoms with van der Waals surface area (Å²) in [6.45, 7) is 3.77. The SMILES string of the molecule is Cc1nc(N[C@H](C)c2cccc3c2CCC3(F)F)c2cn(C34CI(C3)C4)c(=O)cc2n1. The minimum atomic E-state index is -2.76. The number of pyridine rings is 1. The predicted molar refractivity (Wildman–Crippen MR) is 126 cm³/mol. The number of rotatable bonds is 4. The van der Waals surface area contributed by atoms with Crippen molar-refractivity contribution in [1.82, 2.24) is 14.5 Å². The molecule has 1 aromatic carbocycles. The van der Waals surface area contributed by atoms with Gasteiger partial charge in [0.2, 0.25) is 0 Å². The van der Waals surface area contributed by atoms with Crippen LogP contribution in [0, 0.1) is 6.92 Å². The van der Waals surface area contributed by atoms with Gasteiger partial charge in [-0.2, -0.15) is 0 Å². The quantitative estimate of drug-likeness (QED) is 0.393. The van der Waals surface area contributed by atoms with E-state index in [4.69, 9.17) is 0 Å². The van der Waals surface area contributed by atoms with Gasteiger partial charge in [-0.05, 0) is 0 Å². The molecule has 7 rings (SSSR count). The van der Waals surface area contributed by atoms with Crippen molar-refractivity contribution in [3.8, 4) is 0 Å². The third-order valence-corrected chi connectivity index (χ3v) is 14.3. The van der Waals surface area contributed by atoms with Crippen LogP contribution in [0.4, 0.5) is 14.6 Å². The number of nitrogens with one attached hydrogen (secondary N) is 1. The average Bonchev–Trinajstić information content (AvgIpc) is 2.95. The van der Waals surface area contributed by atoms with Gasteiger partial charge in [-0.1, -0.05) is 0 Å². The summed E-state index contributed by atoms with van der Waals surface area (Å²) in [5, 5.41) is 4.25. The second kappa shape index (κ2) is 6.46. The summed E-state index contributed by atoms with van der Waals surface area (Å²) < 4.78 is 34.0. The molecule has 3 aliphatic heterocycles. The zero-order valence-electron chi connectivity index (χ0n) is 17.4. The topological polar surface area (TPSA) is 59.8 Å². The van der Waals surface area contributed by atoms with Crippen molar-refractivity contribution in [3.05, 3.63) is 63.3 Å². The maximum atomic E-state index is 14.2. The van der Waals surface area contributed by atoms with Crippen LogP contribution >= 0.6 is 19.8 Å². The first-order valence-corrected chi connectivity index (χ1v) is 15.1. The first-order valence-electron chi connectivity index (χ1n) is 10.5. The van der Waals surface area contributed by atoms with Gasteiger partial charge in [0.05, 0.1) is 0 Å². The van der Waals surface area contributed by atoms with Gasteiger partial charge in [0.1, 0.15) is 0 Å². The Balaban J connectivity index is 1.42. The Bertz CT molecular complexity index is 1290. The Hall–Kier alpha value is -2.10. The van der Waals surface area contributed by atoms with E-state index in [9.17, 15) is 13.6 Å². The molecule has 5 heterocycles. The first-order chi connectivity index (χ1) is 14.8. The van der Waals surface area contributed by atoms with Crippen molar-refractivity contribution in [2.45, 2.75) is 44.2 Å². The molecule has 2 bridgehead atoms. The Labute approximate surface area is 185 Å². The van der Waals surface area contributed by atoms with Crippen LogP contribution in [0.15, 0.2) is 35.3 Å². The molecule has 1 N–H and O–H groups in total. The number of benzene rings is 1. The average molecular weight is 536 g/mol. The fourth-order valence-electron chi connectivity index (χ4n) is 5.16. The van der Waals surface area contributed by atoms with Crippen LogP contribution in [-0.4, -0.2) is 27.8 Å². The second-order valence-corrected chi connectivity index (χ2v) is 14.6. The number of hydrogen-bond donors (Lipinski definition) is 1. The van der Waals surface area contributed by atoms with Gasteiger partial charge >= 0.3 is 177 Å². The van der Waals surface area contributed by atoms with Gasteiger partial charge in [-0.3, -0.25) is 0 Å². The van der Waals surface area contributed by atoms with E-state index in [1.165, 1.54) is 19.3 Å². The van der Waals surface area contributed by atoms with Crippen LogP contribution in [0.25, 0.3) is 10.9 Å². The summed E-state index contributed by atoms with van der Waals surface area (Å²) >= 11 is -0.681. The third-order valence-electron chi connectivity index (χ3n) is 6.78. The molecule has 0 saturated carbocycles. The fraction of sp³-hybridized carbons (Fsp3) is 0.435. The molecule has 3 saturated heterocycles. The Morgan fingerprint density at radius 2 is 2.00 bits per heavy atom. The normalized spacial score (nSPS) is 21.9. The number of aryl methyl sites for hydroxylation is 1. The molecule has 162 valence electrons. The molecule has 31 heavy (non-hydrogen) atoms. The molecule has 0 amide bonds. The third kappa shape index (κ3) is 2.86. The van der Waals surface area contributed by atoms with E-state index in [2.05, 4.69) is 15.3 Å². The molecule has 1 aliphatic carbocycles. The summed E-state index contributed by atoms with van der Waals surface area (Å²) in [5.74, 6) is -1.54. The molecule has 8 heteroatoms. The van der Waals surface area contributed by atoms with E-state index in [-0.39, 0.29) is 29.1 Å². The van der Waals surface area contributed by atoms with Gasteiger partial charge in [0.15, 0.2) is 0 Å². The molecule has 5 nitrogen and oxygen atoms in total. The molecular weight excluding hydrogens is 513 g/mol. The van der Waals surface area contributed by atoms with Crippen molar-refractivity contribution in [2.24, 2.45) is 0 Å². The molecule has 2 aromatic heterocycles. The first kappa shape index (κ1) is 19.6. The van der Waals surface area contributed by atoms with E-state index in [0.717, 1.165) is 16.5 Å². The Morgan fingerprint density at radius 1 is 1.23 bits per heavy atom. The van der Waals surface area contributed by atoms with Crippen molar-refractivity contribution in [3.63, 3.8) is 0 Å². The second-order valence-electron chi connectivity index (χ2n) is 9.04. The predicted octanol–water partition coefficient (Wildman–Crippen LogP) is 4.54. The number of alkyl halides is 5. The zero-order chi connectivity index (χ0) is 21.5. The standard InChI is InChI=1S/C23H23F2IN4O/c1-13(15-4-3-5-18-16(15)6-7-23(18,24)25)27-21-17-9-30(22-10-26(11-22)12-22)20(31)8-19(17)28-14(2)29-21/h3-5,8-9,13H,6-7,10-12H2,1-2H3,(H,27,28,29)/t13-/m1/s1. The number of nitrogens with zero attached hydrogens (tertiary/aromatic N) is 3. The summed E-state index contributed by atoms with van der Waals surface area (Å²) in [6.07, 6.45) is 2.16. The summed E-state index contributed by atoms with van der Waals surface area (Å²) in [4.78, 5) is 21.9. The summed E-state index contributed by atoms with van der Waals surface area (Å²) in [5.41, 5.74) is 2.42. The van der Waals surface area contributed by atoms with Crippen LogP contribution in [0.5, 0.6) is 0 Å². The van der Waals surface area contributed by atoms with E-state index in [1.807, 2.05) is 23.8 Å². The molecule has 0 unspecified atom stereocenters. The van der Waals surface area contributed by atoms with Crippen molar-refractivity contribution >= 4 is 36.5 Å². The number of hydrogen-bond acceptors (Lipinski definition) is 4. The number of halogens is 3. The van der Waals surface area contributed by atoms with Crippen LogP contribution in [0.3, 0.4) is 0 Å². The zero-order valence-corrected chi connectivity index (χ0v) is 19.5. The Kier molecular flexibility index (Phi) is 4.08. The molecule has 1 atom stereocenters. The molecule has 0 radical (unpaired) electrons. The summed E-state index contributed by atoms with van der Waals surface area (Å²) in [6, 6.07) is 6.57. The Morgan fingerprint density at radius 3 is 2.71 bits per heavy atom. The molecule has 0 spiro atoms. The minimum absolute atomic E-state index is 0.00271. The van der Waals surface area contributed by atoms with Crippen LogP contribution < -0.4 is 10.9 Å². The van der Waals surface area contributed by atoms with Crippen molar-refractivity contribution in [1.29, 1.82) is 0 Å². The van der Waals surface area contributed by atoms with E-state index >= 15 is 0 Å². The van der Waals surface area contributed by atoms with Gasteiger partial charge in [0.25, 0.3) is 0 Å². The number of aromatic nitrogens is 3. The van der Waals surface area contributed by atoms with Gasteiger partial charge in [0, 0.05) is 0 Å². The molecular formula is C23H23F2IN4O. The van der Waals surface area contributed by atoms with Crippen molar-refractivity contribution in [2.75, 3.05) is 18.6 Å². The van der Waals surface area contributed by atoms with Crippen LogP contribution in [-0.2, 0) is 17.9 Å². The van der Waals surface area contributed by atoms with Gasteiger partial charge < -0.3 is 0 Å². The van der Waals surface area contributed by atoms with Gasteiger partial charge in [-0.15, -0.1) is 0 Å². The van der Waals surface area contributed by atoms with Crippen molar-refractivity contribution < 1.29 is 8.78 Å². The van der Waals surface area contributed by atoms with Crippen LogP contribution in [0.1, 0.15) is 41.9 Å². The number of anilines is 1. The van der Waals surface area contributed by atoms with Crippen LogP contribution in [0.2, 0.25) is 0 Å². The van der Waals surface area contributed by atoms with E-state index in [0.29, 0.717) is 23.6 Å². The fourth-order valence-corrected chi connectivity index (χ4v) is 11.6. The molecule has 4 aliphatic rings. The van der Waals surface area contributed by atoms with E-state index in [1.54, 1.807) is 19.1 Å². The maximum absolute atomic E-state index is 14.2. The molecule has 3 aromatic rings. The molecule has 3 fully saturated rings. The number of fused-ring (bicyclic) bond motifs is 2. The van der Waals surface area contributed by atoms with Gasteiger partial charge in [-0.25, -0.2) is 8.78 Å².